The predicted molar refractivity (Wildman–Crippen MR) is 159 cm³/mol. The molecule has 1 heteroatoms. The van der Waals surface area contributed by atoms with E-state index < -0.39 is 0 Å². The van der Waals surface area contributed by atoms with Gasteiger partial charge in [-0.3, -0.25) is 4.79 Å². The van der Waals surface area contributed by atoms with Crippen LogP contribution in [0.3, 0.4) is 0 Å². The third kappa shape index (κ3) is 28.8. The van der Waals surface area contributed by atoms with Crippen LogP contribution >= 0.6 is 0 Å². The van der Waals surface area contributed by atoms with Gasteiger partial charge >= 0.3 is 0 Å². The molecule has 0 aromatic rings. The molecule has 0 aliphatic carbocycles. The Kier molecular flexibility index (Phi) is 29.5. The number of rotatable bonds is 27. The molecule has 0 aliphatic heterocycles. The van der Waals surface area contributed by atoms with Gasteiger partial charge in [0, 0.05) is 0 Å². The summed E-state index contributed by atoms with van der Waals surface area (Å²) in [6.45, 7) is 4.53. The highest BCUT2D eigenvalue weighted by Crippen LogP contribution is 2.13. The molecule has 0 saturated heterocycles. The summed E-state index contributed by atoms with van der Waals surface area (Å²) in [4.78, 5) is 11.3. The average molecular weight is 485 g/mol. The number of unbranched alkanes of at least 4 members (excludes halogenated alkanes) is 17. The predicted octanol–water partition coefficient (Wildman–Crippen LogP) is 11.8. The number of allylic oxidation sites excluding steroid dienone is 8. The first-order valence-corrected chi connectivity index (χ1v) is 15.4. The summed E-state index contributed by atoms with van der Waals surface area (Å²) in [5.74, 6) is 0. The van der Waals surface area contributed by atoms with Gasteiger partial charge in [-0.1, -0.05) is 121 Å². The lowest BCUT2D eigenvalue weighted by Gasteiger charge is -2.01. The van der Waals surface area contributed by atoms with E-state index in [-0.39, 0.29) is 0 Å². The van der Waals surface area contributed by atoms with Gasteiger partial charge in [-0.2, -0.15) is 0 Å². The minimum absolute atomic E-state index is 0.955. The molecule has 0 bridgehead atoms. The van der Waals surface area contributed by atoms with Crippen LogP contribution in [-0.4, -0.2) is 6.29 Å². The van der Waals surface area contributed by atoms with Gasteiger partial charge in [0.2, 0.25) is 0 Å². The molecule has 0 aromatic heterocycles. The summed E-state index contributed by atoms with van der Waals surface area (Å²) in [6.07, 6.45) is 46.3. The van der Waals surface area contributed by atoms with Crippen LogP contribution in [0.5, 0.6) is 0 Å². The zero-order valence-corrected chi connectivity index (χ0v) is 23.8. The molecule has 0 spiro atoms. The molecule has 0 radical (unpaired) electrons. The molecule has 0 N–H and O–H groups in total. The third-order valence-electron chi connectivity index (χ3n) is 6.69. The zero-order chi connectivity index (χ0) is 25.5. The van der Waals surface area contributed by atoms with Gasteiger partial charge in [-0.25, -0.2) is 0 Å². The minimum Gasteiger partial charge on any atom is -0.298 e. The van der Waals surface area contributed by atoms with Crippen LogP contribution in [0.15, 0.2) is 48.1 Å². The van der Waals surface area contributed by atoms with E-state index in [1.807, 2.05) is 0 Å². The molecule has 35 heavy (non-hydrogen) atoms. The highest BCUT2D eigenvalue weighted by molar-refractivity contribution is 5.72. The Morgan fingerprint density at radius 3 is 1.40 bits per heavy atom. The van der Waals surface area contributed by atoms with Crippen LogP contribution in [-0.2, 0) is 4.79 Å². The largest absolute Gasteiger partial charge is 0.298 e. The van der Waals surface area contributed by atoms with E-state index >= 15 is 0 Å². The normalized spacial score (nSPS) is 12.6. The third-order valence-corrected chi connectivity index (χ3v) is 6.69. The molecular weight excluding hydrogens is 424 g/mol. The number of hydrogen-bond donors (Lipinski definition) is 0. The molecule has 0 saturated carbocycles. The first-order valence-electron chi connectivity index (χ1n) is 15.4. The maximum absolute atomic E-state index is 11.3. The van der Waals surface area contributed by atoms with Crippen LogP contribution in [0.2, 0.25) is 0 Å². The van der Waals surface area contributed by atoms with E-state index in [2.05, 4.69) is 56.4 Å². The second-order valence-electron chi connectivity index (χ2n) is 10.2. The summed E-state index contributed by atoms with van der Waals surface area (Å²) >= 11 is 0. The molecule has 0 rings (SSSR count). The van der Waals surface area contributed by atoms with Crippen molar-refractivity contribution in [2.24, 2.45) is 0 Å². The van der Waals surface area contributed by atoms with Crippen molar-refractivity contribution in [3.05, 3.63) is 48.1 Å². The Hall–Kier alpha value is -1.37. The lowest BCUT2D eigenvalue weighted by atomic mass is 10.0. The fourth-order valence-corrected chi connectivity index (χ4v) is 4.32. The minimum atomic E-state index is 0.955. The first-order chi connectivity index (χ1) is 17.3. The van der Waals surface area contributed by atoms with Gasteiger partial charge in [-0.15, -0.1) is 0 Å². The van der Waals surface area contributed by atoms with Crippen LogP contribution in [0.1, 0.15) is 162 Å². The van der Waals surface area contributed by atoms with E-state index in [1.54, 1.807) is 0 Å². The Labute approximate surface area is 220 Å². The molecule has 0 unspecified atom stereocenters. The summed E-state index contributed by atoms with van der Waals surface area (Å²) in [5, 5.41) is 0. The fourth-order valence-electron chi connectivity index (χ4n) is 4.32. The number of hydrogen-bond acceptors (Lipinski definition) is 1. The van der Waals surface area contributed by atoms with Crippen LogP contribution in [0, 0.1) is 0 Å². The van der Waals surface area contributed by atoms with Gasteiger partial charge < -0.3 is 0 Å². The van der Waals surface area contributed by atoms with Crippen molar-refractivity contribution in [3.63, 3.8) is 0 Å². The van der Waals surface area contributed by atoms with Gasteiger partial charge in [0.05, 0.1) is 0 Å². The topological polar surface area (TPSA) is 17.1 Å². The molecule has 1 nitrogen and oxygen atoms in total. The second-order valence-corrected chi connectivity index (χ2v) is 10.2. The highest BCUT2D eigenvalue weighted by Gasteiger charge is 1.97. The van der Waals surface area contributed by atoms with Crippen molar-refractivity contribution in [3.8, 4) is 0 Å². The zero-order valence-electron chi connectivity index (χ0n) is 23.8. The van der Waals surface area contributed by atoms with E-state index in [0.29, 0.717) is 0 Å². The van der Waals surface area contributed by atoms with Crippen molar-refractivity contribution in [2.45, 2.75) is 162 Å². The fraction of sp³-hybridized carbons (Fsp3) is 0.735. The Morgan fingerprint density at radius 1 is 0.457 bits per heavy atom. The van der Waals surface area contributed by atoms with Crippen LogP contribution in [0.4, 0.5) is 0 Å². The standard InChI is InChI=1S/C34H60O/c1-3-5-7-9-11-13-15-17-18-20-22-24-26-28-30-32-34(33-35)31-29-27-25-23-21-19-16-14-12-10-8-6-4-2/h12,14,17-19,21,32-33H,3-11,13,15-16,20,22-31H2,1-2H3. The number of carbonyl (C=O) groups excluding carboxylic acids is 1. The van der Waals surface area contributed by atoms with Crippen molar-refractivity contribution in [1.29, 1.82) is 0 Å². The monoisotopic (exact) mass is 484 g/mol. The molecular formula is C34H60O. The Bertz CT molecular complexity index is 537. The van der Waals surface area contributed by atoms with E-state index in [1.165, 1.54) is 116 Å². The number of aldehydes is 1. The van der Waals surface area contributed by atoms with E-state index in [9.17, 15) is 4.79 Å². The van der Waals surface area contributed by atoms with Crippen LogP contribution in [0.25, 0.3) is 0 Å². The molecule has 0 aliphatic rings. The van der Waals surface area contributed by atoms with Gasteiger partial charge in [0.25, 0.3) is 0 Å². The number of carbonyl (C=O) groups is 1. The summed E-state index contributed by atoms with van der Waals surface area (Å²) in [5.41, 5.74) is 1.02. The van der Waals surface area contributed by atoms with Crippen molar-refractivity contribution < 1.29 is 4.79 Å². The molecule has 0 fully saturated rings. The Balaban J connectivity index is 3.51. The maximum atomic E-state index is 11.3. The lowest BCUT2D eigenvalue weighted by Crippen LogP contribution is -1.87. The molecule has 0 atom stereocenters. The summed E-state index contributed by atoms with van der Waals surface area (Å²) in [6, 6.07) is 0. The maximum Gasteiger partial charge on any atom is 0.145 e. The first kappa shape index (κ1) is 33.6. The smallest absolute Gasteiger partial charge is 0.145 e. The molecule has 0 amide bonds. The van der Waals surface area contributed by atoms with E-state index in [0.717, 1.165) is 44.0 Å². The molecule has 0 aromatic carbocycles. The van der Waals surface area contributed by atoms with Crippen molar-refractivity contribution in [1.82, 2.24) is 0 Å². The molecule has 0 heterocycles. The van der Waals surface area contributed by atoms with Gasteiger partial charge in [0.1, 0.15) is 6.29 Å². The second kappa shape index (κ2) is 30.7. The Morgan fingerprint density at radius 2 is 0.857 bits per heavy atom. The van der Waals surface area contributed by atoms with Crippen LogP contribution < -0.4 is 0 Å². The highest BCUT2D eigenvalue weighted by atomic mass is 16.1. The van der Waals surface area contributed by atoms with E-state index in [4.69, 9.17) is 0 Å². The van der Waals surface area contributed by atoms with Gasteiger partial charge in [0.15, 0.2) is 0 Å². The lowest BCUT2D eigenvalue weighted by molar-refractivity contribution is -0.105. The van der Waals surface area contributed by atoms with Gasteiger partial charge in [-0.05, 0) is 89.0 Å². The van der Waals surface area contributed by atoms with Crippen molar-refractivity contribution in [2.75, 3.05) is 0 Å². The summed E-state index contributed by atoms with van der Waals surface area (Å²) in [7, 11) is 0. The molecule has 202 valence electrons. The van der Waals surface area contributed by atoms with Crippen molar-refractivity contribution >= 4 is 6.29 Å². The average Bonchev–Trinajstić information content (AvgIpc) is 2.87. The summed E-state index contributed by atoms with van der Waals surface area (Å²) < 4.78 is 0. The SMILES string of the molecule is CCCCCC=CCC=CCCCCCC(C=O)=CCCCCCCC=CCCCCCCCC. The quantitative estimate of drug-likeness (QED) is 0.0490.